The SMILES string of the molecule is C=O.CC(C)CCCCCNCCCCCC(C)C.c1ccc2n[nH]nc2c1. The Morgan fingerprint density at radius 2 is 1.21 bits per heavy atom. The first-order valence-corrected chi connectivity index (χ1v) is 10.8. The molecule has 0 unspecified atom stereocenters. The van der Waals surface area contributed by atoms with Gasteiger partial charge in [0.05, 0.1) is 0 Å². The van der Waals surface area contributed by atoms with Crippen molar-refractivity contribution in [1.29, 1.82) is 0 Å². The van der Waals surface area contributed by atoms with Gasteiger partial charge in [-0.1, -0.05) is 78.4 Å². The van der Waals surface area contributed by atoms with Crippen molar-refractivity contribution in [3.05, 3.63) is 24.3 Å². The van der Waals surface area contributed by atoms with Gasteiger partial charge in [0.2, 0.25) is 0 Å². The van der Waals surface area contributed by atoms with Crippen LogP contribution in [0.5, 0.6) is 0 Å². The van der Waals surface area contributed by atoms with Crippen LogP contribution in [0.3, 0.4) is 0 Å². The molecule has 28 heavy (non-hydrogen) atoms. The number of fused-ring (bicyclic) bond motifs is 1. The Morgan fingerprint density at radius 1 is 0.786 bits per heavy atom. The highest BCUT2D eigenvalue weighted by atomic mass is 16.1. The highest BCUT2D eigenvalue weighted by Gasteiger charge is 1.96. The summed E-state index contributed by atoms with van der Waals surface area (Å²) in [5, 5.41) is 13.9. The van der Waals surface area contributed by atoms with Gasteiger partial charge in [-0.2, -0.15) is 15.4 Å². The summed E-state index contributed by atoms with van der Waals surface area (Å²) in [5.41, 5.74) is 1.83. The number of aromatic nitrogens is 3. The van der Waals surface area contributed by atoms with Gasteiger partial charge in [-0.15, -0.1) is 0 Å². The van der Waals surface area contributed by atoms with Gasteiger partial charge in [-0.05, 0) is 49.9 Å². The average molecular weight is 391 g/mol. The van der Waals surface area contributed by atoms with Gasteiger partial charge in [-0.3, -0.25) is 0 Å². The molecule has 0 saturated carbocycles. The number of nitrogens with one attached hydrogen (secondary N) is 2. The van der Waals surface area contributed by atoms with Gasteiger partial charge in [-0.25, -0.2) is 0 Å². The lowest BCUT2D eigenvalue weighted by atomic mass is 10.1. The lowest BCUT2D eigenvalue weighted by molar-refractivity contribution is -0.0979. The quantitative estimate of drug-likeness (QED) is 0.451. The first-order valence-electron chi connectivity index (χ1n) is 10.8. The Hall–Kier alpha value is -1.75. The summed E-state index contributed by atoms with van der Waals surface area (Å²) in [7, 11) is 0. The fraction of sp³-hybridized carbons (Fsp3) is 0.696. The molecule has 5 nitrogen and oxygen atoms in total. The number of para-hydroxylation sites is 2. The van der Waals surface area contributed by atoms with E-state index in [0.717, 1.165) is 22.9 Å². The summed E-state index contributed by atoms with van der Waals surface area (Å²) in [4.78, 5) is 8.00. The molecule has 1 aromatic carbocycles. The topological polar surface area (TPSA) is 70.7 Å². The number of H-pyrrole nitrogens is 1. The van der Waals surface area contributed by atoms with Crippen LogP contribution in [0, 0.1) is 11.8 Å². The van der Waals surface area contributed by atoms with E-state index in [4.69, 9.17) is 4.79 Å². The number of carbonyl (C=O) groups is 1. The fourth-order valence-electron chi connectivity index (χ4n) is 2.87. The van der Waals surface area contributed by atoms with Crippen LogP contribution in [0.4, 0.5) is 0 Å². The maximum Gasteiger partial charge on any atom is 0.112 e. The van der Waals surface area contributed by atoms with Gasteiger partial charge in [0.15, 0.2) is 0 Å². The van der Waals surface area contributed by atoms with Crippen molar-refractivity contribution in [3.8, 4) is 0 Å². The summed E-state index contributed by atoms with van der Waals surface area (Å²) < 4.78 is 0. The molecule has 5 heteroatoms. The second-order valence-corrected chi connectivity index (χ2v) is 8.05. The third-order valence-electron chi connectivity index (χ3n) is 4.49. The predicted molar refractivity (Wildman–Crippen MR) is 120 cm³/mol. The number of carbonyl (C=O) groups excluding carboxylic acids is 1. The molecule has 1 heterocycles. The van der Waals surface area contributed by atoms with Gasteiger partial charge >= 0.3 is 0 Å². The van der Waals surface area contributed by atoms with Crippen LogP contribution in [0.1, 0.15) is 79.1 Å². The predicted octanol–water partition coefficient (Wildman–Crippen LogP) is 5.78. The monoisotopic (exact) mass is 390 g/mol. The standard InChI is InChI=1S/C16H35N.C6H5N3.CH2O/c1-15(2)11-7-5-9-13-17-14-10-6-8-12-16(3)4;1-2-4-6-5(3-1)7-9-8-6;1-2/h15-17H,5-14H2,1-4H3;1-4H,(H,7,8,9);1H2. The van der Waals surface area contributed by atoms with Crippen molar-refractivity contribution in [2.75, 3.05) is 13.1 Å². The molecule has 0 spiro atoms. The molecule has 2 N–H and O–H groups in total. The Kier molecular flexibility index (Phi) is 17.4. The molecule has 0 amide bonds. The summed E-state index contributed by atoms with van der Waals surface area (Å²) in [5.74, 6) is 1.76. The minimum Gasteiger partial charge on any atom is -0.317 e. The van der Waals surface area contributed by atoms with Crippen LogP contribution in [-0.4, -0.2) is 35.3 Å². The van der Waals surface area contributed by atoms with Crippen LogP contribution >= 0.6 is 0 Å². The lowest BCUT2D eigenvalue weighted by Gasteiger charge is -2.07. The Labute approximate surface area is 172 Å². The number of aromatic amines is 1. The fourth-order valence-corrected chi connectivity index (χ4v) is 2.87. The zero-order valence-electron chi connectivity index (χ0n) is 18.5. The van der Waals surface area contributed by atoms with Crippen molar-refractivity contribution in [3.63, 3.8) is 0 Å². The van der Waals surface area contributed by atoms with Gasteiger partial charge in [0, 0.05) is 0 Å². The molecule has 2 aromatic rings. The van der Waals surface area contributed by atoms with E-state index in [-0.39, 0.29) is 0 Å². The van der Waals surface area contributed by atoms with Gasteiger partial charge in [0.1, 0.15) is 17.8 Å². The minimum absolute atomic E-state index is 0.879. The van der Waals surface area contributed by atoms with E-state index in [0.29, 0.717) is 0 Å². The minimum atomic E-state index is 0.879. The molecule has 0 aliphatic rings. The van der Waals surface area contributed by atoms with Crippen molar-refractivity contribution < 1.29 is 4.79 Å². The molecule has 1 aromatic heterocycles. The molecule has 0 bridgehead atoms. The van der Waals surface area contributed by atoms with Gasteiger partial charge in [0.25, 0.3) is 0 Å². The molecule has 0 aliphatic carbocycles. The number of benzene rings is 1. The Bertz CT molecular complexity index is 522. The highest BCUT2D eigenvalue weighted by Crippen LogP contribution is 2.08. The Balaban J connectivity index is 0.000000545. The maximum atomic E-state index is 8.00. The first kappa shape index (κ1) is 26.2. The molecular formula is C23H42N4O. The molecule has 0 saturated heterocycles. The molecular weight excluding hydrogens is 348 g/mol. The van der Waals surface area contributed by atoms with Crippen LogP contribution in [0.15, 0.2) is 24.3 Å². The second-order valence-electron chi connectivity index (χ2n) is 8.05. The summed E-state index contributed by atoms with van der Waals surface area (Å²) in [6.45, 7) is 13.7. The molecule has 0 radical (unpaired) electrons. The molecule has 0 atom stereocenters. The lowest BCUT2D eigenvalue weighted by Crippen LogP contribution is -2.16. The zero-order valence-corrected chi connectivity index (χ0v) is 18.5. The van der Waals surface area contributed by atoms with Crippen LogP contribution < -0.4 is 5.32 Å². The van der Waals surface area contributed by atoms with E-state index < -0.39 is 0 Å². The van der Waals surface area contributed by atoms with Crippen molar-refractivity contribution in [2.45, 2.75) is 79.1 Å². The summed E-state index contributed by atoms with van der Waals surface area (Å²) in [6.07, 6.45) is 11.1. The number of hydrogen-bond acceptors (Lipinski definition) is 4. The van der Waals surface area contributed by atoms with Crippen LogP contribution in [-0.2, 0) is 4.79 Å². The number of rotatable bonds is 12. The van der Waals surface area contributed by atoms with Crippen LogP contribution in [0.2, 0.25) is 0 Å². The van der Waals surface area contributed by atoms with E-state index in [9.17, 15) is 0 Å². The zero-order chi connectivity index (χ0) is 21.0. The third-order valence-corrected chi connectivity index (χ3v) is 4.49. The molecule has 0 aliphatic heterocycles. The number of nitrogens with zero attached hydrogens (tertiary/aromatic N) is 2. The van der Waals surface area contributed by atoms with E-state index in [2.05, 4.69) is 48.4 Å². The van der Waals surface area contributed by atoms with Gasteiger partial charge < -0.3 is 10.1 Å². The molecule has 160 valence electrons. The largest absolute Gasteiger partial charge is 0.317 e. The molecule has 2 rings (SSSR count). The smallest absolute Gasteiger partial charge is 0.112 e. The third kappa shape index (κ3) is 15.3. The van der Waals surface area contributed by atoms with E-state index in [1.807, 2.05) is 31.1 Å². The van der Waals surface area contributed by atoms with Crippen molar-refractivity contribution in [2.24, 2.45) is 11.8 Å². The normalized spacial score (nSPS) is 10.5. The van der Waals surface area contributed by atoms with E-state index in [1.165, 1.54) is 64.5 Å². The highest BCUT2D eigenvalue weighted by molar-refractivity contribution is 5.72. The van der Waals surface area contributed by atoms with Crippen molar-refractivity contribution in [1.82, 2.24) is 20.7 Å². The van der Waals surface area contributed by atoms with E-state index >= 15 is 0 Å². The maximum absolute atomic E-state index is 8.00. The second kappa shape index (κ2) is 18.6. The average Bonchev–Trinajstić information content (AvgIpc) is 3.16. The summed E-state index contributed by atoms with van der Waals surface area (Å²) >= 11 is 0. The van der Waals surface area contributed by atoms with Crippen LogP contribution in [0.25, 0.3) is 11.0 Å². The van der Waals surface area contributed by atoms with Crippen molar-refractivity contribution >= 4 is 17.8 Å². The van der Waals surface area contributed by atoms with E-state index in [1.54, 1.807) is 0 Å². The Morgan fingerprint density at radius 3 is 1.61 bits per heavy atom. The molecule has 0 fully saturated rings. The number of unbranched alkanes of at least 4 members (excludes halogenated alkanes) is 4. The number of hydrogen-bond donors (Lipinski definition) is 2. The first-order chi connectivity index (χ1) is 13.6. The summed E-state index contributed by atoms with van der Waals surface area (Å²) in [6, 6.07) is 7.70.